The second-order valence-corrected chi connectivity index (χ2v) is 13.3. The first kappa shape index (κ1) is 33.3. The first-order chi connectivity index (χ1) is 23.1. The van der Waals surface area contributed by atoms with Crippen LogP contribution < -0.4 is 16.0 Å². The predicted octanol–water partition coefficient (Wildman–Crippen LogP) is 5.10. The summed E-state index contributed by atoms with van der Waals surface area (Å²) in [6, 6.07) is 10.8. The van der Waals surface area contributed by atoms with E-state index < -0.39 is 17.5 Å². The lowest BCUT2D eigenvalue weighted by molar-refractivity contribution is -0.112. The number of allylic oxidation sites excluding steroid dienone is 1. The number of piperidine rings is 1. The summed E-state index contributed by atoms with van der Waals surface area (Å²) in [7, 11) is 1.52. The molecule has 4 N–H and O–H groups in total. The van der Waals surface area contributed by atoms with Crippen molar-refractivity contribution in [2.24, 2.45) is 11.1 Å². The molecule has 3 aliphatic heterocycles. The Labute approximate surface area is 286 Å². The fraction of sp³-hybridized carbons (Fsp3) is 0.286. The minimum absolute atomic E-state index is 0.0148. The Morgan fingerprint density at radius 1 is 1.19 bits per heavy atom. The van der Waals surface area contributed by atoms with Crippen LogP contribution in [0.5, 0.6) is 0 Å². The first-order valence-electron chi connectivity index (χ1n) is 15.2. The minimum Gasteiger partial charge on any atom is -0.506 e. The van der Waals surface area contributed by atoms with Gasteiger partial charge in [0.25, 0.3) is 5.91 Å². The molecule has 246 valence electrons. The highest BCUT2D eigenvalue weighted by atomic mass is 35.5. The van der Waals surface area contributed by atoms with E-state index in [0.29, 0.717) is 22.1 Å². The molecule has 3 aromatic rings. The number of aromatic nitrogens is 2. The van der Waals surface area contributed by atoms with Gasteiger partial charge in [0.05, 0.1) is 41.4 Å². The molecule has 3 aliphatic rings. The molecular weight excluding hydrogens is 655 g/mol. The van der Waals surface area contributed by atoms with Crippen LogP contribution in [0.1, 0.15) is 25.3 Å². The molecule has 0 radical (unpaired) electrons. The van der Waals surface area contributed by atoms with Crippen molar-refractivity contribution in [1.82, 2.24) is 14.9 Å². The normalized spacial score (nSPS) is 20.3. The molecule has 2 saturated heterocycles. The average Bonchev–Trinajstić information content (AvgIpc) is 3.35. The second-order valence-electron chi connectivity index (χ2n) is 11.9. The summed E-state index contributed by atoms with van der Waals surface area (Å²) >= 11 is 7.99. The predicted molar refractivity (Wildman–Crippen MR) is 181 cm³/mol. The lowest BCUT2D eigenvalue weighted by Gasteiger charge is -2.41. The number of nitrogens with two attached hydrogens (primary N) is 1. The minimum atomic E-state index is -0.799. The molecule has 10 nitrogen and oxygen atoms in total. The van der Waals surface area contributed by atoms with Gasteiger partial charge in [0, 0.05) is 48.3 Å². The molecule has 0 bridgehead atoms. The number of halogens is 2. The van der Waals surface area contributed by atoms with Gasteiger partial charge in [0.2, 0.25) is 0 Å². The van der Waals surface area contributed by atoms with Crippen LogP contribution in [-0.2, 0) is 14.3 Å². The average molecular weight is 687 g/mol. The third-order valence-corrected chi connectivity index (χ3v) is 10.4. The van der Waals surface area contributed by atoms with Gasteiger partial charge in [-0.15, -0.1) is 0 Å². The lowest BCUT2D eigenvalue weighted by atomic mass is 9.73. The largest absolute Gasteiger partial charge is 0.506 e. The maximum Gasteiger partial charge on any atom is 0.262 e. The highest BCUT2D eigenvalue weighted by molar-refractivity contribution is 7.99. The molecule has 0 aliphatic carbocycles. The fourth-order valence-electron chi connectivity index (χ4n) is 6.04. The van der Waals surface area contributed by atoms with Crippen LogP contribution in [0.3, 0.4) is 0 Å². The number of anilines is 2. The number of carbonyl (C=O) groups is 1. The van der Waals surface area contributed by atoms with Crippen LogP contribution >= 0.6 is 23.4 Å². The highest BCUT2D eigenvalue weighted by Crippen LogP contribution is 2.42. The Kier molecular flexibility index (Phi) is 9.60. The summed E-state index contributed by atoms with van der Waals surface area (Å²) in [6.45, 7) is 4.36. The third kappa shape index (κ3) is 6.69. The molecule has 1 aromatic heterocycles. The van der Waals surface area contributed by atoms with Crippen molar-refractivity contribution in [2.45, 2.75) is 41.8 Å². The Bertz CT molecular complexity index is 1930. The van der Waals surface area contributed by atoms with E-state index in [4.69, 9.17) is 22.1 Å². The fourth-order valence-corrected chi connectivity index (χ4v) is 7.11. The second kappa shape index (κ2) is 13.8. The van der Waals surface area contributed by atoms with E-state index in [0.717, 1.165) is 31.7 Å². The van der Waals surface area contributed by atoms with E-state index in [1.807, 2.05) is 6.92 Å². The zero-order valence-electron chi connectivity index (χ0n) is 26.2. The molecule has 48 heavy (non-hydrogen) atoms. The quantitative estimate of drug-likeness (QED) is 0.246. The Morgan fingerprint density at radius 3 is 2.62 bits per heavy atom. The van der Waals surface area contributed by atoms with E-state index in [1.54, 1.807) is 42.6 Å². The topological polar surface area (TPSA) is 134 Å². The van der Waals surface area contributed by atoms with E-state index in [-0.39, 0.29) is 45.1 Å². The number of carbonyl (C=O) groups excluding carboxylic acids is 2. The standard InChI is InChI=1S/C35H32ClFN6O4S/c1-21-33(38)35(20-47-21)11-13-43(14-12-35)28-16-40-29(17-39-28)48-27-8-4-7-25(31(27)36)41-34(46)30-26(19-44)42(2)18-23(32(30)45)10-9-22-5-3-6-24(37)15-22/h3-8,15-18,21,33,45H,11-14,20,38H2,1-2H3,(H,41,46)/t21-,33+/m0/s1. The number of aliphatic hydroxyl groups excluding tert-OH is 1. The van der Waals surface area contributed by atoms with Crippen molar-refractivity contribution < 1.29 is 23.8 Å². The van der Waals surface area contributed by atoms with Crippen molar-refractivity contribution in [1.29, 1.82) is 0 Å². The summed E-state index contributed by atoms with van der Waals surface area (Å²) in [4.78, 5) is 38.7. The van der Waals surface area contributed by atoms with Crippen LogP contribution in [0, 0.1) is 23.1 Å². The van der Waals surface area contributed by atoms with Gasteiger partial charge in [-0.2, -0.15) is 0 Å². The van der Waals surface area contributed by atoms with Gasteiger partial charge in [0.1, 0.15) is 33.7 Å². The number of nitrogens with one attached hydrogen (secondary N) is 1. The number of hydrogen-bond donors (Lipinski definition) is 3. The molecule has 2 fully saturated rings. The van der Waals surface area contributed by atoms with E-state index in [1.165, 1.54) is 48.1 Å². The maximum absolute atomic E-state index is 13.6. The van der Waals surface area contributed by atoms with E-state index >= 15 is 0 Å². The zero-order chi connectivity index (χ0) is 34.0. The Balaban J connectivity index is 1.15. The van der Waals surface area contributed by atoms with Gasteiger partial charge in [-0.25, -0.2) is 19.2 Å². The number of nitrogens with zero attached hydrogens (tertiary/aromatic N) is 4. The lowest BCUT2D eigenvalue weighted by Crippen LogP contribution is -2.50. The van der Waals surface area contributed by atoms with Gasteiger partial charge in [0.15, 0.2) is 5.94 Å². The highest BCUT2D eigenvalue weighted by Gasteiger charge is 2.47. The Hall–Kier alpha value is -4.63. The monoisotopic (exact) mass is 686 g/mol. The molecule has 2 atom stereocenters. The molecular formula is C35H32ClFN6O4S. The van der Waals surface area contributed by atoms with Crippen LogP contribution in [0.15, 0.2) is 93.6 Å². The number of ether oxygens (including phenoxy) is 1. The van der Waals surface area contributed by atoms with Gasteiger partial charge in [-0.05, 0) is 50.1 Å². The summed E-state index contributed by atoms with van der Waals surface area (Å²) in [5, 5.41) is 14.5. The Morgan fingerprint density at radius 2 is 1.96 bits per heavy atom. The molecule has 4 heterocycles. The van der Waals surface area contributed by atoms with Crippen molar-refractivity contribution in [3.05, 3.63) is 100 Å². The van der Waals surface area contributed by atoms with Gasteiger partial charge < -0.3 is 30.7 Å². The molecule has 6 rings (SSSR count). The molecule has 13 heteroatoms. The van der Waals surface area contributed by atoms with Crippen molar-refractivity contribution in [3.8, 4) is 11.8 Å². The van der Waals surface area contributed by atoms with Crippen LogP contribution in [0.2, 0.25) is 5.02 Å². The number of benzene rings is 2. The molecule has 0 saturated carbocycles. The van der Waals surface area contributed by atoms with Crippen molar-refractivity contribution >= 4 is 46.7 Å². The number of aliphatic hydroxyl groups is 1. The van der Waals surface area contributed by atoms with Crippen molar-refractivity contribution in [3.63, 3.8) is 0 Å². The number of hydrogen-bond acceptors (Lipinski definition) is 10. The van der Waals surface area contributed by atoms with Crippen molar-refractivity contribution in [2.75, 3.05) is 37.0 Å². The third-order valence-electron chi connectivity index (χ3n) is 8.86. The maximum atomic E-state index is 13.6. The van der Waals surface area contributed by atoms with Gasteiger partial charge >= 0.3 is 0 Å². The summed E-state index contributed by atoms with van der Waals surface area (Å²) in [5.74, 6) is 6.20. The van der Waals surface area contributed by atoms with E-state index in [9.17, 15) is 19.1 Å². The molecule has 1 spiro atoms. The van der Waals surface area contributed by atoms with E-state index in [2.05, 4.69) is 32.0 Å². The van der Waals surface area contributed by atoms with Crippen LogP contribution in [-0.4, -0.2) is 70.7 Å². The summed E-state index contributed by atoms with van der Waals surface area (Å²) in [5.41, 5.74) is 6.61. The molecule has 0 unspecified atom stereocenters. The summed E-state index contributed by atoms with van der Waals surface area (Å²) < 4.78 is 19.4. The number of likely N-dealkylation sites (N-methyl/N-ethyl adjacent to an activating group) is 1. The number of amides is 1. The van der Waals surface area contributed by atoms with Crippen LogP contribution in [0.4, 0.5) is 15.9 Å². The smallest absolute Gasteiger partial charge is 0.262 e. The summed E-state index contributed by atoms with van der Waals surface area (Å²) in [6.07, 6.45) is 6.73. The zero-order valence-corrected chi connectivity index (χ0v) is 27.7. The van der Waals surface area contributed by atoms with Gasteiger partial charge in [-0.3, -0.25) is 4.79 Å². The molecule has 1 amide bonds. The number of rotatable bonds is 5. The van der Waals surface area contributed by atoms with Gasteiger partial charge in [-0.1, -0.05) is 47.3 Å². The van der Waals surface area contributed by atoms with Crippen LogP contribution in [0.25, 0.3) is 0 Å². The molecule has 2 aromatic carbocycles. The SMILES string of the molecule is C[C@@H]1OCC2(CCN(c3cnc(Sc4cccc(NC(=O)C5=C(O)C(C#Cc6cccc(F)c6)=CN(C)C5=C=O)c4Cl)cn3)CC2)[C@@H]1N. The first-order valence-corrected chi connectivity index (χ1v) is 16.4.